The average Bonchev–Trinajstić information content (AvgIpc) is 2.95. The number of hydrogen-bond acceptors (Lipinski definition) is 5. The minimum atomic E-state index is -0.163. The summed E-state index contributed by atoms with van der Waals surface area (Å²) in [5, 5.41) is 10.7. The van der Waals surface area contributed by atoms with Gasteiger partial charge in [-0.1, -0.05) is 18.6 Å². The Kier molecular flexibility index (Phi) is 6.13. The van der Waals surface area contributed by atoms with Crippen LogP contribution in [0.2, 0.25) is 0 Å². The largest absolute Gasteiger partial charge is 0.350 e. The van der Waals surface area contributed by atoms with Crippen LogP contribution in [0.15, 0.2) is 6.20 Å². The number of carbonyl (C=O) groups excluding carboxylic acids is 1. The van der Waals surface area contributed by atoms with Gasteiger partial charge in [0.2, 0.25) is 0 Å². The average molecular weight is 294 g/mol. The van der Waals surface area contributed by atoms with Gasteiger partial charge in [0.15, 0.2) is 5.69 Å². The second kappa shape index (κ2) is 8.09. The quantitative estimate of drug-likeness (QED) is 0.744. The molecule has 2 heterocycles. The molecule has 1 saturated heterocycles. The molecule has 1 aromatic heterocycles. The lowest BCUT2D eigenvalue weighted by atomic mass is 10.1. The van der Waals surface area contributed by atoms with Crippen molar-refractivity contribution in [3.05, 3.63) is 11.9 Å². The molecule has 1 atom stereocenters. The van der Waals surface area contributed by atoms with Gasteiger partial charge in [-0.3, -0.25) is 9.48 Å². The van der Waals surface area contributed by atoms with Gasteiger partial charge < -0.3 is 16.0 Å². The first-order valence-electron chi connectivity index (χ1n) is 7.80. The number of likely N-dealkylation sites (tertiary alicyclic amines) is 1. The van der Waals surface area contributed by atoms with Crippen LogP contribution in [0.3, 0.4) is 0 Å². The fraction of sp³-hybridized carbons (Fsp3) is 0.786. The predicted molar refractivity (Wildman–Crippen MR) is 80.9 cm³/mol. The predicted octanol–water partition coefficient (Wildman–Crippen LogP) is 0.0886. The fourth-order valence-electron chi connectivity index (χ4n) is 2.65. The molecule has 1 fully saturated rings. The summed E-state index contributed by atoms with van der Waals surface area (Å²) in [5.41, 5.74) is 5.79. The Morgan fingerprint density at radius 2 is 2.19 bits per heavy atom. The van der Waals surface area contributed by atoms with E-state index in [2.05, 4.69) is 27.5 Å². The van der Waals surface area contributed by atoms with Crippen LogP contribution in [0, 0.1) is 5.92 Å². The molecule has 1 unspecified atom stereocenters. The smallest absolute Gasteiger partial charge is 0.273 e. The molecule has 0 aromatic carbocycles. The number of hydrogen-bond donors (Lipinski definition) is 2. The van der Waals surface area contributed by atoms with Gasteiger partial charge in [0, 0.05) is 19.6 Å². The highest BCUT2D eigenvalue weighted by Crippen LogP contribution is 2.10. The lowest BCUT2D eigenvalue weighted by Gasteiger charge is -2.29. The van der Waals surface area contributed by atoms with Crippen molar-refractivity contribution in [2.75, 3.05) is 32.7 Å². The number of amides is 1. The number of rotatable bonds is 7. The topological polar surface area (TPSA) is 89.1 Å². The summed E-state index contributed by atoms with van der Waals surface area (Å²) < 4.78 is 1.59. The number of carbonyl (C=O) groups is 1. The van der Waals surface area contributed by atoms with Gasteiger partial charge in [-0.2, -0.15) is 0 Å². The highest BCUT2D eigenvalue weighted by molar-refractivity contribution is 5.91. The number of piperidine rings is 1. The maximum Gasteiger partial charge on any atom is 0.273 e. The van der Waals surface area contributed by atoms with Crippen molar-refractivity contribution in [1.29, 1.82) is 0 Å². The van der Waals surface area contributed by atoms with Gasteiger partial charge in [-0.15, -0.1) is 5.10 Å². The van der Waals surface area contributed by atoms with E-state index in [1.54, 1.807) is 10.9 Å². The molecule has 0 aliphatic carbocycles. The van der Waals surface area contributed by atoms with Crippen LogP contribution in [0.1, 0.15) is 36.7 Å². The highest BCUT2D eigenvalue weighted by Gasteiger charge is 2.15. The van der Waals surface area contributed by atoms with Gasteiger partial charge in [-0.05, 0) is 31.8 Å². The first kappa shape index (κ1) is 15.9. The molecular weight excluding hydrogens is 268 g/mol. The zero-order chi connectivity index (χ0) is 15.1. The molecule has 2 rings (SSSR count). The Balaban J connectivity index is 1.71. The molecule has 1 amide bonds. The van der Waals surface area contributed by atoms with E-state index < -0.39 is 0 Å². The third kappa shape index (κ3) is 5.09. The van der Waals surface area contributed by atoms with Crippen molar-refractivity contribution < 1.29 is 4.79 Å². The maximum absolute atomic E-state index is 12.0. The van der Waals surface area contributed by atoms with Crippen LogP contribution in [0.4, 0.5) is 0 Å². The van der Waals surface area contributed by atoms with Crippen LogP contribution in [-0.2, 0) is 6.54 Å². The van der Waals surface area contributed by atoms with Crippen LogP contribution < -0.4 is 11.1 Å². The van der Waals surface area contributed by atoms with E-state index in [-0.39, 0.29) is 5.91 Å². The molecule has 7 nitrogen and oxygen atoms in total. The standard InChI is InChI=1S/C14H26N6O/c1-12(10-19-6-3-2-4-7-19)9-16-14(21)13-11-20(8-5-15)18-17-13/h11-12H,2-10,15H2,1H3,(H,16,21). The molecule has 7 heteroatoms. The second-order valence-electron chi connectivity index (χ2n) is 5.83. The molecule has 1 aliphatic rings. The Labute approximate surface area is 125 Å². The third-order valence-corrected chi connectivity index (χ3v) is 3.76. The third-order valence-electron chi connectivity index (χ3n) is 3.76. The SMILES string of the molecule is CC(CNC(=O)c1cn(CCN)nn1)CN1CCCCC1. The molecule has 1 aliphatic heterocycles. The van der Waals surface area contributed by atoms with Crippen LogP contribution in [0.25, 0.3) is 0 Å². The first-order chi connectivity index (χ1) is 10.2. The first-order valence-corrected chi connectivity index (χ1v) is 7.80. The summed E-state index contributed by atoms with van der Waals surface area (Å²) in [4.78, 5) is 14.5. The van der Waals surface area contributed by atoms with Crippen molar-refractivity contribution in [2.24, 2.45) is 11.7 Å². The number of aromatic nitrogens is 3. The van der Waals surface area contributed by atoms with Crippen molar-refractivity contribution in [1.82, 2.24) is 25.2 Å². The van der Waals surface area contributed by atoms with E-state index in [1.807, 2.05) is 0 Å². The van der Waals surface area contributed by atoms with Gasteiger partial charge in [0.25, 0.3) is 5.91 Å². The van der Waals surface area contributed by atoms with E-state index in [9.17, 15) is 4.79 Å². The van der Waals surface area contributed by atoms with E-state index in [1.165, 1.54) is 32.4 Å². The van der Waals surface area contributed by atoms with Crippen molar-refractivity contribution in [3.63, 3.8) is 0 Å². The summed E-state index contributed by atoms with van der Waals surface area (Å²) in [7, 11) is 0. The van der Waals surface area contributed by atoms with Gasteiger partial charge in [0.1, 0.15) is 0 Å². The summed E-state index contributed by atoms with van der Waals surface area (Å²) in [6.45, 7) is 7.31. The van der Waals surface area contributed by atoms with Crippen LogP contribution in [-0.4, -0.2) is 58.5 Å². The molecule has 0 spiro atoms. The van der Waals surface area contributed by atoms with Crippen LogP contribution >= 0.6 is 0 Å². The second-order valence-corrected chi connectivity index (χ2v) is 5.83. The minimum Gasteiger partial charge on any atom is -0.350 e. The van der Waals surface area contributed by atoms with E-state index >= 15 is 0 Å². The molecule has 1 aromatic rings. The van der Waals surface area contributed by atoms with E-state index in [0.717, 1.165) is 6.54 Å². The van der Waals surface area contributed by atoms with Gasteiger partial charge >= 0.3 is 0 Å². The molecule has 21 heavy (non-hydrogen) atoms. The fourth-order valence-corrected chi connectivity index (χ4v) is 2.65. The molecule has 0 saturated carbocycles. The number of nitrogens with two attached hydrogens (primary N) is 1. The van der Waals surface area contributed by atoms with Gasteiger partial charge in [-0.25, -0.2) is 0 Å². The molecule has 0 bridgehead atoms. The number of nitrogens with zero attached hydrogens (tertiary/aromatic N) is 4. The lowest BCUT2D eigenvalue weighted by molar-refractivity contribution is 0.0937. The maximum atomic E-state index is 12.0. The number of nitrogens with one attached hydrogen (secondary N) is 1. The minimum absolute atomic E-state index is 0.163. The van der Waals surface area contributed by atoms with E-state index in [4.69, 9.17) is 5.73 Å². The Hall–Kier alpha value is -1.47. The highest BCUT2D eigenvalue weighted by atomic mass is 16.2. The van der Waals surface area contributed by atoms with Crippen molar-refractivity contribution >= 4 is 5.91 Å². The molecular formula is C14H26N6O. The van der Waals surface area contributed by atoms with Crippen molar-refractivity contribution in [3.8, 4) is 0 Å². The molecule has 3 N–H and O–H groups in total. The molecule has 118 valence electrons. The van der Waals surface area contributed by atoms with E-state index in [0.29, 0.717) is 31.2 Å². The normalized spacial score (nSPS) is 17.6. The Bertz CT molecular complexity index is 440. The lowest BCUT2D eigenvalue weighted by Crippen LogP contribution is -2.38. The molecule has 0 radical (unpaired) electrons. The summed E-state index contributed by atoms with van der Waals surface area (Å²) in [5.74, 6) is 0.273. The van der Waals surface area contributed by atoms with Gasteiger partial charge in [0.05, 0.1) is 12.7 Å². The zero-order valence-electron chi connectivity index (χ0n) is 12.8. The van der Waals surface area contributed by atoms with Crippen LogP contribution in [0.5, 0.6) is 0 Å². The van der Waals surface area contributed by atoms with Crippen molar-refractivity contribution in [2.45, 2.75) is 32.7 Å². The zero-order valence-corrected chi connectivity index (χ0v) is 12.8. The summed E-state index contributed by atoms with van der Waals surface area (Å²) >= 11 is 0. The Morgan fingerprint density at radius 3 is 2.90 bits per heavy atom. The monoisotopic (exact) mass is 294 g/mol. The Morgan fingerprint density at radius 1 is 1.43 bits per heavy atom. The summed E-state index contributed by atoms with van der Waals surface area (Å²) in [6.07, 6.45) is 5.57. The summed E-state index contributed by atoms with van der Waals surface area (Å²) in [6, 6.07) is 0.